The summed E-state index contributed by atoms with van der Waals surface area (Å²) in [4.78, 5) is 12.3. The molecule has 1 atom stereocenters. The largest absolute Gasteiger partial charge is 0.493 e. The van der Waals surface area contributed by atoms with Gasteiger partial charge in [-0.3, -0.25) is 0 Å². The standard InChI is InChI=1S/C18H22N2O5/c1-23-14-6-3-5-13(16(14)24-2)20-17(21)19-11-18(22,12-8-9-12)15-7-4-10-25-15/h3-7,10,12,22H,8-9,11H2,1-2H3,(H2,19,20,21). The number of aliphatic hydroxyl groups is 1. The van der Waals surface area contributed by atoms with Crippen molar-refractivity contribution in [1.29, 1.82) is 0 Å². The molecule has 25 heavy (non-hydrogen) atoms. The van der Waals surface area contributed by atoms with Crippen molar-refractivity contribution < 1.29 is 23.8 Å². The van der Waals surface area contributed by atoms with E-state index in [0.717, 1.165) is 12.8 Å². The number of carbonyl (C=O) groups is 1. The van der Waals surface area contributed by atoms with E-state index >= 15 is 0 Å². The first-order chi connectivity index (χ1) is 12.1. The van der Waals surface area contributed by atoms with Crippen LogP contribution in [-0.2, 0) is 5.60 Å². The van der Waals surface area contributed by atoms with Gasteiger partial charge >= 0.3 is 6.03 Å². The molecule has 134 valence electrons. The van der Waals surface area contributed by atoms with Crippen LogP contribution in [-0.4, -0.2) is 31.9 Å². The number of furan rings is 1. The summed E-state index contributed by atoms with van der Waals surface area (Å²) in [7, 11) is 3.03. The van der Waals surface area contributed by atoms with Crippen LogP contribution in [0.1, 0.15) is 18.6 Å². The van der Waals surface area contributed by atoms with Crippen molar-refractivity contribution in [2.45, 2.75) is 18.4 Å². The molecule has 1 aliphatic rings. The van der Waals surface area contributed by atoms with E-state index in [1.54, 1.807) is 30.3 Å². The van der Waals surface area contributed by atoms with Crippen molar-refractivity contribution in [2.75, 3.05) is 26.1 Å². The third-order valence-corrected chi connectivity index (χ3v) is 4.37. The molecule has 7 nitrogen and oxygen atoms in total. The van der Waals surface area contributed by atoms with Gasteiger partial charge in [-0.2, -0.15) is 0 Å². The Morgan fingerprint density at radius 3 is 2.68 bits per heavy atom. The molecule has 2 amide bonds. The molecule has 2 aromatic rings. The fourth-order valence-corrected chi connectivity index (χ4v) is 2.89. The van der Waals surface area contributed by atoms with Gasteiger partial charge in [-0.25, -0.2) is 4.79 Å². The number of urea groups is 1. The van der Waals surface area contributed by atoms with Gasteiger partial charge in [0.2, 0.25) is 0 Å². The normalized spacial score (nSPS) is 16.0. The summed E-state index contributed by atoms with van der Waals surface area (Å²) in [6.45, 7) is 0.0588. The van der Waals surface area contributed by atoms with E-state index in [9.17, 15) is 9.90 Å². The van der Waals surface area contributed by atoms with Gasteiger partial charge in [0.15, 0.2) is 11.5 Å². The van der Waals surface area contributed by atoms with Gasteiger partial charge in [-0.15, -0.1) is 0 Å². The van der Waals surface area contributed by atoms with E-state index in [4.69, 9.17) is 13.9 Å². The number of ether oxygens (including phenoxy) is 2. The summed E-state index contributed by atoms with van der Waals surface area (Å²) < 4.78 is 15.9. The molecule has 1 fully saturated rings. The van der Waals surface area contributed by atoms with E-state index in [2.05, 4.69) is 10.6 Å². The molecule has 1 aromatic carbocycles. The first kappa shape index (κ1) is 17.2. The van der Waals surface area contributed by atoms with E-state index in [1.807, 2.05) is 0 Å². The lowest BCUT2D eigenvalue weighted by Crippen LogP contribution is -2.43. The zero-order valence-corrected chi connectivity index (χ0v) is 14.2. The highest BCUT2D eigenvalue weighted by Crippen LogP contribution is 2.45. The van der Waals surface area contributed by atoms with E-state index < -0.39 is 11.6 Å². The van der Waals surface area contributed by atoms with Crippen LogP contribution in [0.5, 0.6) is 11.5 Å². The minimum Gasteiger partial charge on any atom is -0.493 e. The number of hydrogen-bond acceptors (Lipinski definition) is 5. The summed E-state index contributed by atoms with van der Waals surface area (Å²) in [5, 5.41) is 16.4. The molecular weight excluding hydrogens is 324 g/mol. The minimum atomic E-state index is -1.20. The molecule has 1 saturated carbocycles. The van der Waals surface area contributed by atoms with Crippen molar-refractivity contribution in [3.63, 3.8) is 0 Å². The van der Waals surface area contributed by atoms with Crippen LogP contribution in [0, 0.1) is 5.92 Å². The molecule has 1 aliphatic carbocycles. The predicted octanol–water partition coefficient (Wildman–Crippen LogP) is 2.72. The highest BCUT2D eigenvalue weighted by molar-refractivity contribution is 5.91. The maximum Gasteiger partial charge on any atom is 0.319 e. The zero-order chi connectivity index (χ0) is 17.9. The highest BCUT2D eigenvalue weighted by atomic mass is 16.5. The molecule has 3 N–H and O–H groups in total. The van der Waals surface area contributed by atoms with Crippen LogP contribution in [0.15, 0.2) is 41.0 Å². The topological polar surface area (TPSA) is 93.0 Å². The second-order valence-electron chi connectivity index (χ2n) is 6.02. The Balaban J connectivity index is 1.67. The van der Waals surface area contributed by atoms with Crippen molar-refractivity contribution in [3.05, 3.63) is 42.4 Å². The Morgan fingerprint density at radius 1 is 1.28 bits per heavy atom. The summed E-state index contributed by atoms with van der Waals surface area (Å²) >= 11 is 0. The lowest BCUT2D eigenvalue weighted by atomic mass is 9.94. The van der Waals surface area contributed by atoms with Gasteiger partial charge in [0, 0.05) is 0 Å². The minimum absolute atomic E-state index is 0.0588. The maximum absolute atomic E-state index is 12.3. The lowest BCUT2D eigenvalue weighted by molar-refractivity contribution is -0.00414. The highest BCUT2D eigenvalue weighted by Gasteiger charge is 2.47. The number of hydrogen-bond donors (Lipinski definition) is 3. The maximum atomic E-state index is 12.3. The van der Waals surface area contributed by atoms with Crippen molar-refractivity contribution in [1.82, 2.24) is 5.32 Å². The summed E-state index contributed by atoms with van der Waals surface area (Å²) in [5.74, 6) is 1.51. The van der Waals surface area contributed by atoms with Gasteiger partial charge in [-0.05, 0) is 43.0 Å². The Labute approximate surface area is 145 Å². The second-order valence-corrected chi connectivity index (χ2v) is 6.02. The molecule has 3 rings (SSSR count). The first-order valence-electron chi connectivity index (χ1n) is 8.10. The quantitative estimate of drug-likeness (QED) is 0.717. The second kappa shape index (κ2) is 7.06. The smallest absolute Gasteiger partial charge is 0.319 e. The van der Waals surface area contributed by atoms with Crippen LogP contribution >= 0.6 is 0 Å². The predicted molar refractivity (Wildman–Crippen MR) is 91.9 cm³/mol. The van der Waals surface area contributed by atoms with E-state index in [0.29, 0.717) is 22.9 Å². The van der Waals surface area contributed by atoms with Gasteiger partial charge in [0.1, 0.15) is 11.4 Å². The summed E-state index contributed by atoms with van der Waals surface area (Å²) in [6, 6.07) is 8.20. The number of para-hydroxylation sites is 1. The van der Waals surface area contributed by atoms with E-state index in [1.165, 1.54) is 20.5 Å². The monoisotopic (exact) mass is 346 g/mol. The Hall–Kier alpha value is -2.67. The molecule has 1 aromatic heterocycles. The Kier molecular flexibility index (Phi) is 4.85. The number of rotatable bonds is 7. The van der Waals surface area contributed by atoms with Gasteiger partial charge in [-0.1, -0.05) is 6.07 Å². The number of benzene rings is 1. The molecule has 0 spiro atoms. The molecular formula is C18H22N2O5. The number of amides is 2. The number of nitrogens with one attached hydrogen (secondary N) is 2. The van der Waals surface area contributed by atoms with Crippen molar-refractivity contribution in [3.8, 4) is 11.5 Å². The average molecular weight is 346 g/mol. The number of carbonyl (C=O) groups excluding carboxylic acids is 1. The molecule has 0 bridgehead atoms. The molecule has 1 unspecified atom stereocenters. The molecule has 0 saturated heterocycles. The van der Waals surface area contributed by atoms with Crippen LogP contribution in [0.4, 0.5) is 10.5 Å². The first-order valence-corrected chi connectivity index (χ1v) is 8.10. The molecule has 7 heteroatoms. The lowest BCUT2D eigenvalue weighted by Gasteiger charge is -2.26. The average Bonchev–Trinajstić information content (AvgIpc) is 3.34. The third-order valence-electron chi connectivity index (χ3n) is 4.37. The van der Waals surface area contributed by atoms with Crippen LogP contribution < -0.4 is 20.1 Å². The van der Waals surface area contributed by atoms with Gasteiger partial charge < -0.3 is 29.6 Å². The molecule has 1 heterocycles. The summed E-state index contributed by atoms with van der Waals surface area (Å²) in [5.41, 5.74) is -0.716. The fourth-order valence-electron chi connectivity index (χ4n) is 2.89. The summed E-state index contributed by atoms with van der Waals surface area (Å²) in [6.07, 6.45) is 3.33. The Morgan fingerprint density at radius 2 is 2.08 bits per heavy atom. The molecule has 0 aliphatic heterocycles. The third kappa shape index (κ3) is 3.56. The number of methoxy groups -OCH3 is 2. The van der Waals surface area contributed by atoms with Crippen LogP contribution in [0.3, 0.4) is 0 Å². The van der Waals surface area contributed by atoms with Crippen molar-refractivity contribution >= 4 is 11.7 Å². The molecule has 0 radical (unpaired) electrons. The van der Waals surface area contributed by atoms with Crippen molar-refractivity contribution in [2.24, 2.45) is 5.92 Å². The zero-order valence-electron chi connectivity index (χ0n) is 14.2. The van der Waals surface area contributed by atoms with E-state index in [-0.39, 0.29) is 12.5 Å². The van der Waals surface area contributed by atoms with Gasteiger partial charge in [0.05, 0.1) is 32.7 Å². The SMILES string of the molecule is COc1cccc(NC(=O)NCC(O)(c2ccco2)C2CC2)c1OC. The van der Waals surface area contributed by atoms with Crippen LogP contribution in [0.25, 0.3) is 0 Å². The van der Waals surface area contributed by atoms with Gasteiger partial charge in [0.25, 0.3) is 0 Å². The Bertz CT molecular complexity index is 727. The number of anilines is 1. The van der Waals surface area contributed by atoms with Crippen LogP contribution in [0.2, 0.25) is 0 Å². The fraction of sp³-hybridized carbons (Fsp3) is 0.389.